The zero-order valence-corrected chi connectivity index (χ0v) is 31.5. The summed E-state index contributed by atoms with van der Waals surface area (Å²) < 4.78 is 21.7. The fraction of sp³-hybridized carbons (Fsp3) is 0.725. The number of benzene rings is 1. The van der Waals surface area contributed by atoms with Crippen molar-refractivity contribution < 1.29 is 23.7 Å². The quantitative estimate of drug-likeness (QED) is 0.0696. The Morgan fingerprint density at radius 1 is 1.00 bits per heavy atom. The average molecular weight is 709 g/mol. The van der Waals surface area contributed by atoms with Crippen LogP contribution in [0.1, 0.15) is 90.2 Å². The highest BCUT2D eigenvalue weighted by Crippen LogP contribution is 2.53. The summed E-state index contributed by atoms with van der Waals surface area (Å²) in [7, 11) is 0. The first kappa shape index (κ1) is 40.9. The summed E-state index contributed by atoms with van der Waals surface area (Å²) in [5, 5.41) is 17.9. The molecule has 1 amide bonds. The molecular formula is C40H64N6O5. The number of carbonyl (C=O) groups is 1. The summed E-state index contributed by atoms with van der Waals surface area (Å²) >= 11 is 0. The van der Waals surface area contributed by atoms with Gasteiger partial charge in [0.1, 0.15) is 12.4 Å². The highest BCUT2D eigenvalue weighted by molar-refractivity contribution is 5.98. The van der Waals surface area contributed by atoms with E-state index in [1.165, 1.54) is 12.0 Å². The van der Waals surface area contributed by atoms with E-state index in [2.05, 4.69) is 48.9 Å². The summed E-state index contributed by atoms with van der Waals surface area (Å²) in [5.74, 6) is 3.79. The van der Waals surface area contributed by atoms with Crippen molar-refractivity contribution in [2.24, 2.45) is 17.1 Å². The maximum Gasteiger partial charge on any atom is 0.224 e. The summed E-state index contributed by atoms with van der Waals surface area (Å²) in [5.41, 5.74) is 7.95. The predicted octanol–water partition coefficient (Wildman–Crippen LogP) is 5.09. The number of hydrogen-bond acceptors (Lipinski definition) is 9. The van der Waals surface area contributed by atoms with Crippen LogP contribution in [0.15, 0.2) is 30.3 Å². The van der Waals surface area contributed by atoms with Crippen LogP contribution in [0.2, 0.25) is 0 Å². The van der Waals surface area contributed by atoms with E-state index in [-0.39, 0.29) is 29.3 Å². The first-order valence-corrected chi connectivity index (χ1v) is 19.2. The van der Waals surface area contributed by atoms with Gasteiger partial charge in [0.15, 0.2) is 0 Å². The first-order chi connectivity index (χ1) is 24.6. The van der Waals surface area contributed by atoms with Crippen molar-refractivity contribution in [3.05, 3.63) is 35.9 Å². The minimum absolute atomic E-state index is 0.0282. The van der Waals surface area contributed by atoms with Crippen LogP contribution in [0, 0.1) is 34.5 Å². The van der Waals surface area contributed by atoms with Crippen LogP contribution in [0.4, 0.5) is 0 Å². The number of rotatable bonds is 21. The summed E-state index contributed by atoms with van der Waals surface area (Å²) in [6.45, 7) is 12.4. The van der Waals surface area contributed by atoms with E-state index in [4.69, 9.17) is 36.5 Å². The normalized spacial score (nSPS) is 21.6. The Morgan fingerprint density at radius 2 is 1.61 bits per heavy atom. The van der Waals surface area contributed by atoms with Crippen molar-refractivity contribution in [1.82, 2.24) is 14.7 Å². The molecule has 3 fully saturated rings. The fourth-order valence-corrected chi connectivity index (χ4v) is 8.31. The number of hydrogen-bond donors (Lipinski definition) is 3. The number of amidine groups is 2. The predicted molar refractivity (Wildman–Crippen MR) is 202 cm³/mol. The minimum atomic E-state index is 0.0282. The lowest BCUT2D eigenvalue weighted by atomic mass is 9.57. The van der Waals surface area contributed by atoms with Crippen LogP contribution in [0.5, 0.6) is 0 Å². The lowest BCUT2D eigenvalue weighted by Gasteiger charge is -2.53. The van der Waals surface area contributed by atoms with Crippen LogP contribution in [0.3, 0.4) is 0 Å². The van der Waals surface area contributed by atoms with Crippen LogP contribution in [0.25, 0.3) is 0 Å². The van der Waals surface area contributed by atoms with Crippen molar-refractivity contribution in [2.75, 3.05) is 72.5 Å². The monoisotopic (exact) mass is 708 g/mol. The van der Waals surface area contributed by atoms with Gasteiger partial charge in [-0.2, -0.15) is 0 Å². The molecule has 11 nitrogen and oxygen atoms in total. The molecule has 0 bridgehead atoms. The smallest absolute Gasteiger partial charge is 0.224 e. The summed E-state index contributed by atoms with van der Waals surface area (Å²) in [6.07, 6.45) is 13.6. The third kappa shape index (κ3) is 12.4. The van der Waals surface area contributed by atoms with Gasteiger partial charge in [0.25, 0.3) is 0 Å². The van der Waals surface area contributed by atoms with E-state index in [1.54, 1.807) is 0 Å². The number of nitrogens with zero attached hydrogens (tertiary/aromatic N) is 3. The Kier molecular flexibility index (Phi) is 16.8. The molecule has 1 spiro atoms. The molecule has 1 aliphatic carbocycles. The van der Waals surface area contributed by atoms with Gasteiger partial charge in [0, 0.05) is 49.7 Å². The molecule has 51 heavy (non-hydrogen) atoms. The van der Waals surface area contributed by atoms with E-state index >= 15 is 0 Å². The molecule has 11 heteroatoms. The Hall–Kier alpha value is -2.85. The van der Waals surface area contributed by atoms with Crippen molar-refractivity contribution in [3.8, 4) is 12.3 Å². The SMILES string of the molecule is C#CCOCCOCCOCCOCCC(=O)N1CCC2(CC1)CC(C(=N)N(C(C)=N)C(C)CC1CCC(C)N1CCC(N)c1ccccc1)C2. The molecule has 284 valence electrons. The molecule has 4 rings (SSSR count). The second-order valence-corrected chi connectivity index (χ2v) is 14.9. The first-order valence-electron chi connectivity index (χ1n) is 19.2. The average Bonchev–Trinajstić information content (AvgIpc) is 3.45. The molecule has 2 heterocycles. The van der Waals surface area contributed by atoms with Gasteiger partial charge in [-0.1, -0.05) is 36.3 Å². The lowest BCUT2D eigenvalue weighted by molar-refractivity contribution is -0.136. The highest BCUT2D eigenvalue weighted by atomic mass is 16.6. The number of nitrogens with two attached hydrogens (primary N) is 1. The van der Waals surface area contributed by atoms with E-state index in [9.17, 15) is 10.2 Å². The molecule has 1 aromatic carbocycles. The lowest BCUT2D eigenvalue weighted by Crippen LogP contribution is -2.55. The zero-order valence-electron chi connectivity index (χ0n) is 31.5. The van der Waals surface area contributed by atoms with Gasteiger partial charge in [-0.05, 0) is 83.1 Å². The zero-order chi connectivity index (χ0) is 36.6. The summed E-state index contributed by atoms with van der Waals surface area (Å²) in [6, 6.07) is 11.4. The van der Waals surface area contributed by atoms with Gasteiger partial charge < -0.3 is 34.5 Å². The number of likely N-dealkylation sites (tertiary alicyclic amines) is 2. The van der Waals surface area contributed by atoms with Crippen LogP contribution in [-0.2, 0) is 23.7 Å². The number of terminal acetylenes is 1. The maximum absolute atomic E-state index is 12.9. The number of nitrogens with one attached hydrogen (secondary N) is 2. The Morgan fingerprint density at radius 3 is 2.22 bits per heavy atom. The molecule has 4 N–H and O–H groups in total. The highest BCUT2D eigenvalue weighted by Gasteiger charge is 2.49. The third-order valence-corrected chi connectivity index (χ3v) is 11.2. The van der Waals surface area contributed by atoms with Crippen molar-refractivity contribution in [2.45, 2.75) is 103 Å². The molecule has 3 aliphatic rings. The second-order valence-electron chi connectivity index (χ2n) is 14.9. The molecule has 0 aromatic heterocycles. The molecule has 2 aliphatic heterocycles. The molecule has 0 radical (unpaired) electrons. The molecular weight excluding hydrogens is 644 g/mol. The molecule has 1 aromatic rings. The van der Waals surface area contributed by atoms with E-state index in [1.807, 2.05) is 22.8 Å². The van der Waals surface area contributed by atoms with Crippen LogP contribution in [-0.4, -0.2) is 123 Å². The maximum atomic E-state index is 12.9. The van der Waals surface area contributed by atoms with Gasteiger partial charge in [-0.15, -0.1) is 6.42 Å². The number of carbonyl (C=O) groups excluding carboxylic acids is 1. The Labute approximate surface area is 306 Å². The molecule has 2 saturated heterocycles. The van der Waals surface area contributed by atoms with Crippen molar-refractivity contribution in [3.63, 3.8) is 0 Å². The summed E-state index contributed by atoms with van der Waals surface area (Å²) in [4.78, 5) is 19.4. The molecule has 4 unspecified atom stereocenters. The topological polar surface area (TPSA) is 137 Å². The van der Waals surface area contributed by atoms with Gasteiger partial charge in [0.2, 0.25) is 5.91 Å². The van der Waals surface area contributed by atoms with E-state index < -0.39 is 0 Å². The number of piperidine rings is 1. The number of amides is 1. The fourth-order valence-electron chi connectivity index (χ4n) is 8.31. The standard InChI is InChI=1S/C40H64N6O5/c1-5-20-48-22-24-50-26-27-51-25-23-49-21-14-38(47)44-18-15-40(16-19-44)29-35(30-40)39(43)46(33(4)41)32(3)28-36-12-11-31(2)45(36)17-13-37(42)34-9-7-6-8-10-34/h1,6-10,31-32,35-37,41,43H,11-30,42H2,2-4H3. The molecule has 1 saturated carbocycles. The van der Waals surface area contributed by atoms with Gasteiger partial charge in [-0.25, -0.2) is 0 Å². The van der Waals surface area contributed by atoms with Crippen molar-refractivity contribution in [1.29, 1.82) is 10.8 Å². The Bertz CT molecular complexity index is 1260. The third-order valence-electron chi connectivity index (χ3n) is 11.2. The van der Waals surface area contributed by atoms with Gasteiger partial charge in [-0.3, -0.25) is 20.5 Å². The van der Waals surface area contributed by atoms with Gasteiger partial charge in [0.05, 0.1) is 58.5 Å². The minimum Gasteiger partial charge on any atom is -0.379 e. The van der Waals surface area contributed by atoms with Crippen LogP contribution < -0.4 is 5.73 Å². The number of ether oxygens (including phenoxy) is 4. The molecule has 4 atom stereocenters. The van der Waals surface area contributed by atoms with E-state index in [0.717, 1.165) is 64.6 Å². The Balaban J connectivity index is 1.11. The van der Waals surface area contributed by atoms with E-state index in [0.29, 0.717) is 83.0 Å². The second kappa shape index (κ2) is 21.0. The largest absolute Gasteiger partial charge is 0.379 e. The van der Waals surface area contributed by atoms with Crippen molar-refractivity contribution >= 4 is 17.6 Å². The van der Waals surface area contributed by atoms with Crippen LogP contribution >= 0.6 is 0 Å². The van der Waals surface area contributed by atoms with Gasteiger partial charge >= 0.3 is 0 Å².